The van der Waals surface area contributed by atoms with E-state index in [-0.39, 0.29) is 6.29 Å². The third kappa shape index (κ3) is 13.0. The highest BCUT2D eigenvalue weighted by Crippen LogP contribution is 2.15. The minimum absolute atomic E-state index is 0.159. The van der Waals surface area contributed by atoms with Crippen molar-refractivity contribution in [3.63, 3.8) is 0 Å². The monoisotopic (exact) mass is 400 g/mol. The van der Waals surface area contributed by atoms with Gasteiger partial charge in [0.1, 0.15) is 12.5 Å². The molecular formula is C16H40O7Si2. The van der Waals surface area contributed by atoms with Crippen molar-refractivity contribution < 1.29 is 31.6 Å². The van der Waals surface area contributed by atoms with Gasteiger partial charge in [-0.1, -0.05) is 6.92 Å². The Kier molecular flexibility index (Phi) is 17.9. The van der Waals surface area contributed by atoms with Gasteiger partial charge in [0, 0.05) is 40.6 Å². The van der Waals surface area contributed by atoms with Crippen LogP contribution in [0.4, 0.5) is 0 Å². The molecule has 0 amide bonds. The lowest BCUT2D eigenvalue weighted by Crippen LogP contribution is -2.50. The molecule has 0 aromatic carbocycles. The molecule has 0 radical (unpaired) electrons. The van der Waals surface area contributed by atoms with Crippen molar-refractivity contribution in [1.82, 2.24) is 0 Å². The molecule has 154 valence electrons. The summed E-state index contributed by atoms with van der Waals surface area (Å²) in [7, 11) is -1.19. The maximum Gasteiger partial charge on any atom is 0.528 e. The average molecular weight is 401 g/mol. The molecule has 0 aliphatic carbocycles. The summed E-state index contributed by atoms with van der Waals surface area (Å²) in [4.78, 5) is 0. The molecule has 7 nitrogen and oxygen atoms in total. The van der Waals surface area contributed by atoms with E-state index >= 15 is 0 Å². The Labute approximate surface area is 156 Å². The fourth-order valence-corrected chi connectivity index (χ4v) is 6.03. The van der Waals surface area contributed by atoms with Crippen molar-refractivity contribution in [2.24, 2.45) is 0 Å². The van der Waals surface area contributed by atoms with Crippen molar-refractivity contribution in [2.75, 3.05) is 46.9 Å². The van der Waals surface area contributed by atoms with Gasteiger partial charge in [-0.3, -0.25) is 0 Å². The topological polar surface area (TPSA) is 64.6 Å². The first-order chi connectivity index (χ1) is 11.8. The van der Waals surface area contributed by atoms with Crippen LogP contribution in [0.3, 0.4) is 0 Å². The third-order valence-electron chi connectivity index (χ3n) is 3.25. The second-order valence-corrected chi connectivity index (χ2v) is 11.3. The molecule has 0 saturated heterocycles. The van der Waals surface area contributed by atoms with E-state index in [1.54, 1.807) is 14.2 Å². The summed E-state index contributed by atoms with van der Waals surface area (Å²) in [5.74, 6) is 0. The lowest BCUT2D eigenvalue weighted by atomic mass is 10.8. The van der Waals surface area contributed by atoms with Gasteiger partial charge in [0.05, 0.1) is 0 Å². The van der Waals surface area contributed by atoms with Crippen LogP contribution < -0.4 is 0 Å². The van der Waals surface area contributed by atoms with Crippen LogP contribution in [0.2, 0.25) is 12.6 Å². The van der Waals surface area contributed by atoms with Crippen LogP contribution in [-0.2, 0) is 31.6 Å². The Morgan fingerprint density at radius 1 is 0.760 bits per heavy atom. The minimum atomic E-state index is -2.52. The third-order valence-corrected chi connectivity index (χ3v) is 9.09. The molecule has 0 spiro atoms. The number of methoxy groups -OCH3 is 2. The predicted molar refractivity (Wildman–Crippen MR) is 104 cm³/mol. The molecule has 0 aromatic rings. The lowest BCUT2D eigenvalue weighted by Gasteiger charge is -2.28. The summed E-state index contributed by atoms with van der Waals surface area (Å²) in [6.45, 7) is 16.3. The van der Waals surface area contributed by atoms with E-state index in [2.05, 4.69) is 13.5 Å². The van der Waals surface area contributed by atoms with Gasteiger partial charge >= 0.3 is 17.4 Å². The molecule has 0 rings (SSSR count). The van der Waals surface area contributed by atoms with Crippen LogP contribution >= 0.6 is 0 Å². The van der Waals surface area contributed by atoms with Crippen molar-refractivity contribution in [3.8, 4) is 0 Å². The zero-order valence-corrected chi connectivity index (χ0v) is 19.7. The summed E-state index contributed by atoms with van der Waals surface area (Å²) >= 11 is 0. The molecule has 25 heavy (non-hydrogen) atoms. The number of ether oxygens (including phenoxy) is 2. The molecule has 9 heteroatoms. The van der Waals surface area contributed by atoms with Gasteiger partial charge in [-0.25, -0.2) is 0 Å². The van der Waals surface area contributed by atoms with Gasteiger partial charge in [-0.15, -0.1) is 0 Å². The van der Waals surface area contributed by atoms with Gasteiger partial charge in [-0.05, 0) is 47.2 Å². The lowest BCUT2D eigenvalue weighted by molar-refractivity contribution is -0.0615. The minimum Gasteiger partial charge on any atom is -0.395 e. The van der Waals surface area contributed by atoms with Gasteiger partial charge < -0.3 is 31.6 Å². The van der Waals surface area contributed by atoms with E-state index in [1.807, 2.05) is 34.6 Å². The summed E-state index contributed by atoms with van der Waals surface area (Å²) in [6.07, 6.45) is 0.260. The molecule has 0 N–H and O–H groups in total. The fraction of sp³-hybridized carbons (Fsp3) is 1.00. The summed E-state index contributed by atoms with van der Waals surface area (Å²) in [6, 6.07) is 0.953. The van der Waals surface area contributed by atoms with Crippen molar-refractivity contribution in [3.05, 3.63) is 0 Å². The van der Waals surface area contributed by atoms with E-state index < -0.39 is 17.4 Å². The van der Waals surface area contributed by atoms with Gasteiger partial charge in [0.15, 0.2) is 0 Å². The molecule has 0 aliphatic rings. The standard InChI is InChI=1S/C8H20O4Si.C8H20O3Si/c1-5-10-13(8-9-4,11-6-2)12-7-3;1-6-10-12(5,7-2)11-8(3)9-4/h5-8H2,1-4H3;8H,6-7H2,1-5H3. The maximum atomic E-state index is 5.67. The van der Waals surface area contributed by atoms with Gasteiger partial charge in [-0.2, -0.15) is 0 Å². The second kappa shape index (κ2) is 16.3. The van der Waals surface area contributed by atoms with E-state index in [0.717, 1.165) is 6.04 Å². The first-order valence-electron chi connectivity index (χ1n) is 9.07. The summed E-state index contributed by atoms with van der Waals surface area (Å²) in [5.41, 5.74) is 0. The first-order valence-corrected chi connectivity index (χ1v) is 13.5. The number of rotatable bonds is 14. The molecule has 0 heterocycles. The smallest absolute Gasteiger partial charge is 0.395 e. The van der Waals surface area contributed by atoms with Crippen LogP contribution in [0.1, 0.15) is 41.5 Å². The molecule has 0 aromatic heterocycles. The SMILES string of the molecule is CCO[Si](C)(CC)OC(C)OC.CCO[Si](COC)(OCC)OCC. The van der Waals surface area contributed by atoms with Gasteiger partial charge in [0.25, 0.3) is 0 Å². The molecular weight excluding hydrogens is 360 g/mol. The Morgan fingerprint density at radius 2 is 1.20 bits per heavy atom. The second-order valence-electron chi connectivity index (χ2n) is 5.26. The van der Waals surface area contributed by atoms with Crippen LogP contribution in [0.25, 0.3) is 0 Å². The maximum absolute atomic E-state index is 5.67. The van der Waals surface area contributed by atoms with Crippen molar-refractivity contribution >= 4 is 17.4 Å². The molecule has 0 aliphatic heterocycles. The molecule has 2 atom stereocenters. The fourth-order valence-electron chi connectivity index (χ4n) is 2.01. The average Bonchev–Trinajstić information content (AvgIpc) is 2.56. The summed E-state index contributed by atoms with van der Waals surface area (Å²) < 4.78 is 37.9. The van der Waals surface area contributed by atoms with E-state index in [4.69, 9.17) is 31.6 Å². The van der Waals surface area contributed by atoms with Crippen LogP contribution in [-0.4, -0.2) is 70.5 Å². The highest BCUT2D eigenvalue weighted by molar-refractivity contribution is 6.65. The first kappa shape index (κ1) is 27.4. The largest absolute Gasteiger partial charge is 0.528 e. The number of hydrogen-bond acceptors (Lipinski definition) is 7. The highest BCUT2D eigenvalue weighted by Gasteiger charge is 2.40. The van der Waals surface area contributed by atoms with Gasteiger partial charge in [0.2, 0.25) is 0 Å². The zero-order valence-electron chi connectivity index (χ0n) is 17.7. The molecule has 2 unspecified atom stereocenters. The van der Waals surface area contributed by atoms with Crippen molar-refractivity contribution in [1.29, 1.82) is 0 Å². The Morgan fingerprint density at radius 3 is 1.48 bits per heavy atom. The van der Waals surface area contributed by atoms with Crippen LogP contribution in [0.5, 0.6) is 0 Å². The predicted octanol–water partition coefficient (Wildman–Crippen LogP) is 3.34. The highest BCUT2D eigenvalue weighted by atomic mass is 28.4. The Hall–Kier alpha value is 0.154. The van der Waals surface area contributed by atoms with E-state index in [1.165, 1.54) is 0 Å². The van der Waals surface area contributed by atoms with Crippen LogP contribution in [0, 0.1) is 0 Å². The Bertz CT molecular complexity index is 268. The summed E-state index contributed by atoms with van der Waals surface area (Å²) in [5, 5.41) is 0. The normalized spacial score (nSPS) is 15.2. The van der Waals surface area contributed by atoms with Crippen molar-refractivity contribution in [2.45, 2.75) is 60.4 Å². The molecule has 0 bridgehead atoms. The molecule has 0 fully saturated rings. The van der Waals surface area contributed by atoms with E-state index in [0.29, 0.717) is 32.7 Å². The molecule has 0 saturated carbocycles. The Balaban J connectivity index is 0. The zero-order chi connectivity index (χ0) is 19.8. The quantitative estimate of drug-likeness (QED) is 0.327. The van der Waals surface area contributed by atoms with E-state index in [9.17, 15) is 0 Å². The number of hydrogen-bond donors (Lipinski definition) is 0. The van der Waals surface area contributed by atoms with Crippen LogP contribution in [0.15, 0.2) is 0 Å².